The molecule has 1 heterocycles. The van der Waals surface area contributed by atoms with Gasteiger partial charge in [-0.3, -0.25) is 14.9 Å². The lowest BCUT2D eigenvalue weighted by Crippen LogP contribution is -2.40. The maximum Gasteiger partial charge on any atom is 0.320 e. The number of hydrogen-bond acceptors (Lipinski definition) is 4. The standard InChI is InChI=1S/C12H17NO4S/c1-7(2)11(12(16)17)13-6-9-4-3-8(18-9)5-10(14)15/h3-4,7,11,13H,5-6H2,1-2H3,(H,14,15)(H,16,17). The molecule has 1 aromatic rings. The monoisotopic (exact) mass is 271 g/mol. The minimum Gasteiger partial charge on any atom is -0.481 e. The summed E-state index contributed by atoms with van der Waals surface area (Å²) in [6.45, 7) is 4.13. The van der Waals surface area contributed by atoms with Crippen molar-refractivity contribution in [3.05, 3.63) is 21.9 Å². The van der Waals surface area contributed by atoms with Crippen LogP contribution in [0.5, 0.6) is 0 Å². The number of carbonyl (C=O) groups is 2. The molecule has 1 aromatic heterocycles. The summed E-state index contributed by atoms with van der Waals surface area (Å²) >= 11 is 1.39. The van der Waals surface area contributed by atoms with Crippen LogP contribution in [0.3, 0.4) is 0 Å². The molecule has 0 aliphatic heterocycles. The smallest absolute Gasteiger partial charge is 0.320 e. The molecule has 1 atom stereocenters. The van der Waals surface area contributed by atoms with Crippen LogP contribution >= 0.6 is 11.3 Å². The normalized spacial score (nSPS) is 12.6. The number of thiophene rings is 1. The SMILES string of the molecule is CC(C)C(NCc1ccc(CC(=O)O)s1)C(=O)O. The summed E-state index contributed by atoms with van der Waals surface area (Å²) in [7, 11) is 0. The van der Waals surface area contributed by atoms with E-state index in [0.717, 1.165) is 9.75 Å². The maximum absolute atomic E-state index is 11.0. The van der Waals surface area contributed by atoms with Gasteiger partial charge < -0.3 is 10.2 Å². The van der Waals surface area contributed by atoms with E-state index in [-0.39, 0.29) is 12.3 Å². The summed E-state index contributed by atoms with van der Waals surface area (Å²) < 4.78 is 0. The van der Waals surface area contributed by atoms with Crippen LogP contribution in [0.15, 0.2) is 12.1 Å². The molecular formula is C12H17NO4S. The Kier molecular flexibility index (Phi) is 5.30. The van der Waals surface area contributed by atoms with E-state index >= 15 is 0 Å². The van der Waals surface area contributed by atoms with Gasteiger partial charge in [0, 0.05) is 16.3 Å². The van der Waals surface area contributed by atoms with E-state index in [1.54, 1.807) is 6.07 Å². The molecule has 6 heteroatoms. The Morgan fingerprint density at radius 2 is 1.89 bits per heavy atom. The third-order valence-corrected chi connectivity index (χ3v) is 3.56. The van der Waals surface area contributed by atoms with Crippen LogP contribution in [0.2, 0.25) is 0 Å². The highest BCUT2D eigenvalue weighted by Gasteiger charge is 2.20. The minimum absolute atomic E-state index is 0.000882. The molecule has 5 nitrogen and oxygen atoms in total. The highest BCUT2D eigenvalue weighted by Crippen LogP contribution is 2.17. The fraction of sp³-hybridized carbons (Fsp3) is 0.500. The largest absolute Gasteiger partial charge is 0.481 e. The fourth-order valence-electron chi connectivity index (χ4n) is 1.58. The molecule has 0 saturated carbocycles. The molecule has 0 aromatic carbocycles. The third kappa shape index (κ3) is 4.46. The van der Waals surface area contributed by atoms with Crippen LogP contribution in [0.1, 0.15) is 23.6 Å². The average Bonchev–Trinajstić information content (AvgIpc) is 2.63. The second-order valence-corrected chi connectivity index (χ2v) is 5.63. The van der Waals surface area contributed by atoms with Gasteiger partial charge in [0.1, 0.15) is 6.04 Å². The zero-order valence-electron chi connectivity index (χ0n) is 10.3. The highest BCUT2D eigenvalue weighted by atomic mass is 32.1. The van der Waals surface area contributed by atoms with E-state index in [1.165, 1.54) is 11.3 Å². The lowest BCUT2D eigenvalue weighted by molar-refractivity contribution is -0.140. The molecule has 0 aliphatic rings. The van der Waals surface area contributed by atoms with Gasteiger partial charge in [0.2, 0.25) is 0 Å². The van der Waals surface area contributed by atoms with Crippen molar-refractivity contribution in [2.45, 2.75) is 32.9 Å². The molecule has 3 N–H and O–H groups in total. The van der Waals surface area contributed by atoms with Gasteiger partial charge in [0.15, 0.2) is 0 Å². The van der Waals surface area contributed by atoms with Crippen LogP contribution < -0.4 is 5.32 Å². The zero-order chi connectivity index (χ0) is 13.7. The number of aliphatic carboxylic acids is 2. The summed E-state index contributed by atoms with van der Waals surface area (Å²) in [6.07, 6.45) is 0.0111. The van der Waals surface area contributed by atoms with E-state index in [2.05, 4.69) is 5.32 Å². The molecule has 0 bridgehead atoms. The van der Waals surface area contributed by atoms with Gasteiger partial charge in [-0.05, 0) is 18.1 Å². The molecule has 0 spiro atoms. The van der Waals surface area contributed by atoms with E-state index < -0.39 is 18.0 Å². The summed E-state index contributed by atoms with van der Waals surface area (Å²) in [4.78, 5) is 23.2. The van der Waals surface area contributed by atoms with Crippen LogP contribution in [0, 0.1) is 5.92 Å². The Labute approximate surface area is 109 Å². The first-order valence-corrected chi connectivity index (χ1v) is 6.47. The van der Waals surface area contributed by atoms with Crippen LogP contribution in [-0.2, 0) is 22.6 Å². The van der Waals surface area contributed by atoms with Crippen molar-refractivity contribution in [2.24, 2.45) is 5.92 Å². The lowest BCUT2D eigenvalue weighted by atomic mass is 10.1. The number of carboxylic acid groups (broad SMARTS) is 2. The van der Waals surface area contributed by atoms with Crippen LogP contribution in [-0.4, -0.2) is 28.2 Å². The van der Waals surface area contributed by atoms with Gasteiger partial charge in [-0.1, -0.05) is 13.8 Å². The predicted molar refractivity (Wildman–Crippen MR) is 68.8 cm³/mol. The van der Waals surface area contributed by atoms with Crippen LogP contribution in [0.4, 0.5) is 0 Å². The second-order valence-electron chi connectivity index (χ2n) is 4.38. The minimum atomic E-state index is -0.868. The predicted octanol–water partition coefficient (Wildman–Crippen LogP) is 1.57. The van der Waals surface area contributed by atoms with Crippen molar-refractivity contribution < 1.29 is 19.8 Å². The van der Waals surface area contributed by atoms with Crippen molar-refractivity contribution in [3.63, 3.8) is 0 Å². The summed E-state index contributed by atoms with van der Waals surface area (Å²) in [6, 6.07) is 3.01. The van der Waals surface area contributed by atoms with Gasteiger partial charge >= 0.3 is 11.9 Å². The lowest BCUT2D eigenvalue weighted by Gasteiger charge is -2.17. The Balaban J connectivity index is 2.54. The Morgan fingerprint density at radius 3 is 2.39 bits per heavy atom. The van der Waals surface area contributed by atoms with Gasteiger partial charge in [0.25, 0.3) is 0 Å². The first-order valence-electron chi connectivity index (χ1n) is 5.65. The van der Waals surface area contributed by atoms with Crippen LogP contribution in [0.25, 0.3) is 0 Å². The molecule has 1 rings (SSSR count). The second kappa shape index (κ2) is 6.51. The summed E-state index contributed by atoms with van der Waals surface area (Å²) in [5, 5.41) is 20.6. The number of hydrogen-bond donors (Lipinski definition) is 3. The maximum atomic E-state index is 11.0. The van der Waals surface area contributed by atoms with Crippen molar-refractivity contribution >= 4 is 23.3 Å². The molecule has 0 radical (unpaired) electrons. The van der Waals surface area contributed by atoms with Gasteiger partial charge in [-0.2, -0.15) is 0 Å². The summed E-state index contributed by atoms with van der Waals surface area (Å²) in [5.41, 5.74) is 0. The average molecular weight is 271 g/mol. The van der Waals surface area contributed by atoms with Crippen molar-refractivity contribution in [3.8, 4) is 0 Å². The quantitative estimate of drug-likeness (QED) is 0.701. The molecule has 100 valence electrons. The van der Waals surface area contributed by atoms with E-state index in [9.17, 15) is 9.59 Å². The highest BCUT2D eigenvalue weighted by molar-refractivity contribution is 7.12. The van der Waals surface area contributed by atoms with E-state index in [0.29, 0.717) is 6.54 Å². The summed E-state index contributed by atoms with van der Waals surface area (Å²) in [5.74, 6) is -1.73. The van der Waals surface area contributed by atoms with Gasteiger partial charge in [-0.15, -0.1) is 11.3 Å². The molecule has 0 amide bonds. The van der Waals surface area contributed by atoms with E-state index in [4.69, 9.17) is 10.2 Å². The molecule has 0 saturated heterocycles. The number of rotatable bonds is 7. The van der Waals surface area contributed by atoms with Gasteiger partial charge in [0.05, 0.1) is 6.42 Å². The Morgan fingerprint density at radius 1 is 1.28 bits per heavy atom. The Bertz CT molecular complexity index is 427. The van der Waals surface area contributed by atoms with Gasteiger partial charge in [-0.25, -0.2) is 0 Å². The van der Waals surface area contributed by atoms with Crippen molar-refractivity contribution in [1.29, 1.82) is 0 Å². The van der Waals surface area contributed by atoms with Crippen molar-refractivity contribution in [2.75, 3.05) is 0 Å². The number of carboxylic acids is 2. The molecule has 0 fully saturated rings. The van der Waals surface area contributed by atoms with E-state index in [1.807, 2.05) is 19.9 Å². The first kappa shape index (κ1) is 14.7. The molecular weight excluding hydrogens is 254 g/mol. The third-order valence-electron chi connectivity index (χ3n) is 2.47. The molecule has 18 heavy (non-hydrogen) atoms. The van der Waals surface area contributed by atoms with Crippen molar-refractivity contribution in [1.82, 2.24) is 5.32 Å². The first-order chi connectivity index (χ1) is 8.40. The molecule has 0 aliphatic carbocycles. The topological polar surface area (TPSA) is 86.6 Å². The zero-order valence-corrected chi connectivity index (χ0v) is 11.2. The Hall–Kier alpha value is -1.40. The fourth-order valence-corrected chi connectivity index (χ4v) is 2.54. The molecule has 1 unspecified atom stereocenters. The number of nitrogens with one attached hydrogen (secondary N) is 1.